The van der Waals surface area contributed by atoms with E-state index < -0.39 is 123 Å². The fraction of sp³-hybridized carbons (Fsp3) is 1.00. The predicted octanol–water partition coefficient (Wildman–Crippen LogP) is 0.299. The smallest absolute Gasteiger partial charge is 0.161 e. The first-order valence-corrected chi connectivity index (χ1v) is 19.4. The molecule has 6 heterocycles. The predicted molar refractivity (Wildman–Crippen MR) is 180 cm³/mol. The maximum absolute atomic E-state index is 11.0. The lowest BCUT2D eigenvalue weighted by molar-refractivity contribution is -0.339. The van der Waals surface area contributed by atoms with Gasteiger partial charge in [-0.25, -0.2) is 0 Å². The molecule has 6 fully saturated rings. The second kappa shape index (κ2) is 18.3. The minimum absolute atomic E-state index is 0.0224. The summed E-state index contributed by atoms with van der Waals surface area (Å²) in [4.78, 5) is 0. The van der Waals surface area contributed by atoms with Gasteiger partial charge in [-0.05, 0) is 54.4 Å². The summed E-state index contributed by atoms with van der Waals surface area (Å²) in [6.07, 6.45) is -12.2. The Hall–Kier alpha value is -0.680. The Kier molecular flexibility index (Phi) is 14.5. The standard InChI is InChI=1S/C36H62O17/c1-15-21(37)7-9-28(44-15)50-24-12-31(47-17(3)33(24)40)52-26-13-30(46-18(4)35(26)42)49-23-8-10-29(45-16(23)2)51-25-14-32(48-19(5)34(25)41)53-36-20(6)43-27(39)11-22(36)38/h15-42H,7-14H2,1-6H3/t15-,16-,17+,18+,19+,20+,21-,22+,23-,24+,25+,26+,27+,28-,29-,30-,31-,32-,33+,34+,35+,36+/m0/s1. The van der Waals surface area contributed by atoms with Gasteiger partial charge in [0.2, 0.25) is 0 Å². The van der Waals surface area contributed by atoms with E-state index in [1.807, 2.05) is 6.92 Å². The molecule has 0 radical (unpaired) electrons. The number of aliphatic hydroxyl groups is 6. The SMILES string of the molecule is C[C@@H]1O[C@@H](O[C@@H]2C[C@H](O[C@H]3[C@H](O)C[C@H](O)O[C@@H]3C)O[C@H](C)[C@H]2O)CC[C@@H]1O[C@H]1C[C@@H](O[C@H]2C[C@@H](O[C@H]3CC[C@H](O)[C@H](C)O3)[C@H](O)[C@@H](C)O2)[C@H](O)[C@@H](C)O1. The number of rotatable bonds is 10. The highest BCUT2D eigenvalue weighted by Crippen LogP contribution is 2.35. The molecule has 0 amide bonds. The summed E-state index contributed by atoms with van der Waals surface area (Å²) in [7, 11) is 0. The Bertz CT molecular complexity index is 1130. The van der Waals surface area contributed by atoms with Crippen LogP contribution >= 0.6 is 0 Å². The molecule has 308 valence electrons. The molecule has 6 rings (SSSR count). The van der Waals surface area contributed by atoms with Crippen LogP contribution in [0.4, 0.5) is 0 Å². The maximum Gasteiger partial charge on any atom is 0.161 e. The molecule has 6 saturated heterocycles. The minimum atomic E-state index is -1.06. The molecule has 17 nitrogen and oxygen atoms in total. The fourth-order valence-electron chi connectivity index (χ4n) is 8.13. The number of hydrogen-bond donors (Lipinski definition) is 6. The summed E-state index contributed by atoms with van der Waals surface area (Å²) >= 11 is 0. The zero-order valence-electron chi connectivity index (χ0n) is 31.5. The van der Waals surface area contributed by atoms with Crippen LogP contribution < -0.4 is 0 Å². The Morgan fingerprint density at radius 1 is 0.358 bits per heavy atom. The van der Waals surface area contributed by atoms with E-state index in [9.17, 15) is 30.6 Å². The lowest BCUT2D eigenvalue weighted by Crippen LogP contribution is -2.56. The Labute approximate surface area is 310 Å². The molecule has 0 saturated carbocycles. The first-order valence-electron chi connectivity index (χ1n) is 19.4. The van der Waals surface area contributed by atoms with Crippen molar-refractivity contribution in [2.75, 3.05) is 0 Å². The van der Waals surface area contributed by atoms with Gasteiger partial charge >= 0.3 is 0 Å². The Balaban J connectivity index is 0.980. The van der Waals surface area contributed by atoms with Crippen molar-refractivity contribution in [2.45, 2.75) is 228 Å². The molecule has 53 heavy (non-hydrogen) atoms. The third kappa shape index (κ3) is 10.4. The summed E-state index contributed by atoms with van der Waals surface area (Å²) < 4.78 is 66.4. The van der Waals surface area contributed by atoms with E-state index in [0.29, 0.717) is 25.7 Å². The normalized spacial score (nSPS) is 53.0. The van der Waals surface area contributed by atoms with Crippen LogP contribution in [0.2, 0.25) is 0 Å². The molecule has 6 aliphatic rings. The molecule has 6 N–H and O–H groups in total. The molecule has 0 aliphatic carbocycles. The number of hydrogen-bond acceptors (Lipinski definition) is 17. The van der Waals surface area contributed by atoms with E-state index in [2.05, 4.69) is 0 Å². The largest absolute Gasteiger partial charge is 0.390 e. The van der Waals surface area contributed by atoms with E-state index in [1.54, 1.807) is 34.6 Å². The van der Waals surface area contributed by atoms with Crippen LogP contribution in [0, 0.1) is 0 Å². The topological polar surface area (TPSA) is 223 Å². The van der Waals surface area contributed by atoms with Crippen molar-refractivity contribution in [1.82, 2.24) is 0 Å². The van der Waals surface area contributed by atoms with Gasteiger partial charge < -0.3 is 82.7 Å². The molecule has 0 spiro atoms. The van der Waals surface area contributed by atoms with Crippen LogP contribution in [0.5, 0.6) is 0 Å². The zero-order chi connectivity index (χ0) is 38.1. The van der Waals surface area contributed by atoms with E-state index in [-0.39, 0.29) is 37.9 Å². The van der Waals surface area contributed by atoms with Crippen molar-refractivity contribution in [2.24, 2.45) is 0 Å². The van der Waals surface area contributed by atoms with Crippen molar-refractivity contribution < 1.29 is 82.7 Å². The molecule has 0 aromatic heterocycles. The molecule has 17 heteroatoms. The Morgan fingerprint density at radius 2 is 0.774 bits per heavy atom. The highest BCUT2D eigenvalue weighted by Gasteiger charge is 2.46. The van der Waals surface area contributed by atoms with Crippen molar-refractivity contribution in [1.29, 1.82) is 0 Å². The van der Waals surface area contributed by atoms with Gasteiger partial charge in [-0.3, -0.25) is 0 Å². The molecule has 0 bridgehead atoms. The third-order valence-corrected chi connectivity index (χ3v) is 11.4. The molecule has 0 aromatic rings. The summed E-state index contributed by atoms with van der Waals surface area (Å²) in [6.45, 7) is 10.6. The highest BCUT2D eigenvalue weighted by molar-refractivity contribution is 4.89. The lowest BCUT2D eigenvalue weighted by atomic mass is 9.99. The summed E-state index contributed by atoms with van der Waals surface area (Å²) in [5, 5.41) is 63.0. The van der Waals surface area contributed by atoms with Crippen LogP contribution in [0.25, 0.3) is 0 Å². The highest BCUT2D eigenvalue weighted by atomic mass is 16.7. The van der Waals surface area contributed by atoms with Crippen LogP contribution in [-0.2, 0) is 52.1 Å². The quantitative estimate of drug-likeness (QED) is 0.176. The van der Waals surface area contributed by atoms with Crippen LogP contribution in [0.1, 0.15) is 92.9 Å². The molecule has 0 unspecified atom stereocenters. The van der Waals surface area contributed by atoms with Gasteiger partial charge in [-0.1, -0.05) is 0 Å². The van der Waals surface area contributed by atoms with Crippen LogP contribution in [0.15, 0.2) is 0 Å². The fourth-order valence-corrected chi connectivity index (χ4v) is 8.13. The zero-order valence-corrected chi connectivity index (χ0v) is 31.5. The lowest BCUT2D eigenvalue weighted by Gasteiger charge is -2.45. The van der Waals surface area contributed by atoms with Gasteiger partial charge in [-0.15, -0.1) is 0 Å². The van der Waals surface area contributed by atoms with Crippen molar-refractivity contribution in [3.05, 3.63) is 0 Å². The first-order chi connectivity index (χ1) is 25.1. The van der Waals surface area contributed by atoms with Crippen molar-refractivity contribution >= 4 is 0 Å². The molecule has 6 aliphatic heterocycles. The number of ether oxygens (including phenoxy) is 11. The average molecular weight is 767 g/mol. The van der Waals surface area contributed by atoms with Gasteiger partial charge in [0.25, 0.3) is 0 Å². The van der Waals surface area contributed by atoms with Gasteiger partial charge in [0.1, 0.15) is 24.4 Å². The van der Waals surface area contributed by atoms with E-state index in [4.69, 9.17) is 52.1 Å². The van der Waals surface area contributed by atoms with Gasteiger partial charge in [-0.2, -0.15) is 0 Å². The van der Waals surface area contributed by atoms with Crippen molar-refractivity contribution in [3.63, 3.8) is 0 Å². The van der Waals surface area contributed by atoms with Gasteiger partial charge in [0, 0.05) is 38.5 Å². The molecular weight excluding hydrogens is 704 g/mol. The minimum Gasteiger partial charge on any atom is -0.390 e. The van der Waals surface area contributed by atoms with E-state index in [1.165, 1.54) is 0 Å². The van der Waals surface area contributed by atoms with Gasteiger partial charge in [0.15, 0.2) is 37.7 Å². The Morgan fingerprint density at radius 3 is 1.25 bits per heavy atom. The molecule has 22 atom stereocenters. The monoisotopic (exact) mass is 766 g/mol. The van der Waals surface area contributed by atoms with E-state index >= 15 is 0 Å². The van der Waals surface area contributed by atoms with Crippen LogP contribution in [0.3, 0.4) is 0 Å². The van der Waals surface area contributed by atoms with Gasteiger partial charge in [0.05, 0.1) is 73.2 Å². The summed E-state index contributed by atoms with van der Waals surface area (Å²) in [6, 6.07) is 0. The van der Waals surface area contributed by atoms with Crippen molar-refractivity contribution in [3.8, 4) is 0 Å². The summed E-state index contributed by atoms with van der Waals surface area (Å²) in [5.74, 6) is 0. The van der Waals surface area contributed by atoms with Crippen LogP contribution in [-0.4, -0.2) is 166 Å². The average Bonchev–Trinajstić information content (AvgIpc) is 3.08. The van der Waals surface area contributed by atoms with E-state index in [0.717, 1.165) is 0 Å². The second-order valence-corrected chi connectivity index (χ2v) is 15.7. The molecule has 0 aromatic carbocycles. The third-order valence-electron chi connectivity index (χ3n) is 11.4. The summed E-state index contributed by atoms with van der Waals surface area (Å²) in [5.41, 5.74) is 0. The second-order valence-electron chi connectivity index (χ2n) is 15.7. The number of aliphatic hydroxyl groups excluding tert-OH is 6. The first kappa shape index (κ1) is 41.9. The maximum atomic E-state index is 11.0. The molecular formula is C36H62O17.